The van der Waals surface area contributed by atoms with Crippen molar-refractivity contribution in [3.63, 3.8) is 0 Å². The Bertz CT molecular complexity index is 688. The number of anilines is 1. The summed E-state index contributed by atoms with van der Waals surface area (Å²) in [5.74, 6) is 1.63. The lowest BCUT2D eigenvalue weighted by molar-refractivity contribution is 0.415. The van der Waals surface area contributed by atoms with Crippen molar-refractivity contribution in [3.8, 4) is 28.3 Å². The van der Waals surface area contributed by atoms with E-state index in [2.05, 4.69) is 15.4 Å². The van der Waals surface area contributed by atoms with Crippen molar-refractivity contribution in [2.45, 2.75) is 0 Å². The number of nitrogens with two attached hydrogens (primary N) is 1. The zero-order valence-corrected chi connectivity index (χ0v) is 10.3. The van der Waals surface area contributed by atoms with E-state index < -0.39 is 0 Å². The third kappa shape index (κ3) is 1.93. The zero-order chi connectivity index (χ0) is 13.2. The largest absolute Gasteiger partial charge is 0.497 e. The number of methoxy groups -OCH3 is 1. The molecule has 3 rings (SSSR count). The number of ether oxygens (including phenoxy) is 1. The molecule has 0 saturated carbocycles. The van der Waals surface area contributed by atoms with Crippen LogP contribution < -0.4 is 10.5 Å². The Hall–Kier alpha value is -2.76. The molecule has 6 nitrogen and oxygen atoms in total. The van der Waals surface area contributed by atoms with Crippen LogP contribution in [0.1, 0.15) is 0 Å². The molecule has 0 atom stereocenters. The first kappa shape index (κ1) is 11.3. The molecule has 0 fully saturated rings. The third-order valence-electron chi connectivity index (χ3n) is 2.82. The van der Waals surface area contributed by atoms with E-state index in [1.54, 1.807) is 19.4 Å². The molecular weight excluding hydrogens is 244 g/mol. The number of aromatic nitrogens is 3. The number of benzene rings is 1. The number of hydrogen-bond acceptors (Lipinski definition) is 5. The maximum Gasteiger partial charge on any atom is 0.194 e. The molecule has 0 amide bonds. The normalized spacial score (nSPS) is 10.6. The summed E-state index contributed by atoms with van der Waals surface area (Å²) in [5.41, 5.74) is 8.22. The summed E-state index contributed by atoms with van der Waals surface area (Å²) in [4.78, 5) is 0. The fraction of sp³-hybridized carbons (Fsp3) is 0.0769. The number of hydrogen-bond donors (Lipinski definition) is 2. The summed E-state index contributed by atoms with van der Waals surface area (Å²) in [7, 11) is 1.62. The first-order valence-electron chi connectivity index (χ1n) is 5.69. The quantitative estimate of drug-likeness (QED) is 0.750. The molecular formula is C13H12N4O2. The maximum absolute atomic E-state index is 5.89. The van der Waals surface area contributed by atoms with E-state index in [4.69, 9.17) is 15.0 Å². The van der Waals surface area contributed by atoms with Gasteiger partial charge in [0.2, 0.25) is 0 Å². The number of H-pyrrole nitrogens is 1. The molecule has 96 valence electrons. The molecule has 0 aliphatic carbocycles. The van der Waals surface area contributed by atoms with Gasteiger partial charge in [0.15, 0.2) is 11.6 Å². The van der Waals surface area contributed by atoms with E-state index in [1.165, 1.54) is 0 Å². The second kappa shape index (κ2) is 4.49. The van der Waals surface area contributed by atoms with Crippen molar-refractivity contribution in [1.82, 2.24) is 15.4 Å². The van der Waals surface area contributed by atoms with E-state index in [-0.39, 0.29) is 0 Å². The first-order valence-corrected chi connectivity index (χ1v) is 5.69. The number of nitrogens with one attached hydrogen (secondary N) is 1. The predicted molar refractivity (Wildman–Crippen MR) is 70.5 cm³/mol. The van der Waals surface area contributed by atoms with Gasteiger partial charge in [-0.1, -0.05) is 17.3 Å². The van der Waals surface area contributed by atoms with Crippen LogP contribution in [-0.4, -0.2) is 22.5 Å². The molecule has 0 spiro atoms. The van der Waals surface area contributed by atoms with Gasteiger partial charge < -0.3 is 15.0 Å². The van der Waals surface area contributed by atoms with Crippen LogP contribution in [0, 0.1) is 0 Å². The molecule has 6 heteroatoms. The molecule has 0 aliphatic heterocycles. The summed E-state index contributed by atoms with van der Waals surface area (Å²) >= 11 is 0. The van der Waals surface area contributed by atoms with Gasteiger partial charge in [-0.25, -0.2) is 0 Å². The van der Waals surface area contributed by atoms with Crippen LogP contribution in [0.2, 0.25) is 0 Å². The predicted octanol–water partition coefficient (Wildman–Crippen LogP) is 2.32. The SMILES string of the molecule is COc1cccc(-c2c(N)noc2-c2ccn[nH]2)c1. The molecule has 2 aromatic heterocycles. The smallest absolute Gasteiger partial charge is 0.194 e. The van der Waals surface area contributed by atoms with Gasteiger partial charge in [0, 0.05) is 6.20 Å². The third-order valence-corrected chi connectivity index (χ3v) is 2.82. The minimum atomic E-state index is 0.331. The molecule has 0 saturated heterocycles. The van der Waals surface area contributed by atoms with Gasteiger partial charge in [-0.15, -0.1) is 0 Å². The number of rotatable bonds is 3. The summed E-state index contributed by atoms with van der Waals surface area (Å²) in [6, 6.07) is 9.35. The van der Waals surface area contributed by atoms with Crippen LogP contribution in [0.4, 0.5) is 5.82 Å². The fourth-order valence-electron chi connectivity index (χ4n) is 1.93. The van der Waals surface area contributed by atoms with Gasteiger partial charge in [-0.2, -0.15) is 5.10 Å². The fourth-order valence-corrected chi connectivity index (χ4v) is 1.93. The van der Waals surface area contributed by atoms with Crippen LogP contribution in [0.5, 0.6) is 5.75 Å². The Morgan fingerprint density at radius 1 is 1.32 bits per heavy atom. The van der Waals surface area contributed by atoms with Gasteiger partial charge in [-0.3, -0.25) is 5.10 Å². The lowest BCUT2D eigenvalue weighted by Crippen LogP contribution is -1.90. The summed E-state index contributed by atoms with van der Waals surface area (Å²) < 4.78 is 10.5. The zero-order valence-electron chi connectivity index (χ0n) is 10.3. The van der Waals surface area contributed by atoms with Crippen LogP contribution >= 0.6 is 0 Å². The summed E-state index contributed by atoms with van der Waals surface area (Å²) in [6.07, 6.45) is 1.64. The molecule has 2 heterocycles. The average Bonchev–Trinajstić information content (AvgIpc) is 3.07. The van der Waals surface area contributed by atoms with Crippen molar-refractivity contribution in [2.75, 3.05) is 12.8 Å². The van der Waals surface area contributed by atoms with Crippen LogP contribution in [0.3, 0.4) is 0 Å². The van der Waals surface area contributed by atoms with Crippen molar-refractivity contribution >= 4 is 5.82 Å². The van der Waals surface area contributed by atoms with Gasteiger partial charge >= 0.3 is 0 Å². The van der Waals surface area contributed by atoms with Gasteiger partial charge in [0.1, 0.15) is 11.4 Å². The van der Waals surface area contributed by atoms with Crippen molar-refractivity contribution in [1.29, 1.82) is 0 Å². The van der Waals surface area contributed by atoms with Crippen LogP contribution in [-0.2, 0) is 0 Å². The average molecular weight is 256 g/mol. The van der Waals surface area contributed by atoms with Gasteiger partial charge in [0.05, 0.1) is 12.7 Å². The van der Waals surface area contributed by atoms with Crippen LogP contribution in [0.25, 0.3) is 22.6 Å². The Kier molecular flexibility index (Phi) is 2.68. The molecule has 0 unspecified atom stereocenters. The molecule has 3 aromatic rings. The molecule has 1 aromatic carbocycles. The number of aromatic amines is 1. The Morgan fingerprint density at radius 3 is 2.95 bits per heavy atom. The highest BCUT2D eigenvalue weighted by molar-refractivity contribution is 5.85. The highest BCUT2D eigenvalue weighted by atomic mass is 16.5. The highest BCUT2D eigenvalue weighted by Crippen LogP contribution is 2.36. The molecule has 3 N–H and O–H groups in total. The lowest BCUT2D eigenvalue weighted by Gasteiger charge is -2.04. The highest BCUT2D eigenvalue weighted by Gasteiger charge is 2.18. The molecule has 0 bridgehead atoms. The van der Waals surface area contributed by atoms with E-state index in [0.717, 1.165) is 22.6 Å². The maximum atomic E-state index is 5.89. The second-order valence-corrected chi connectivity index (χ2v) is 3.97. The topological polar surface area (TPSA) is 90.0 Å². The van der Waals surface area contributed by atoms with E-state index >= 15 is 0 Å². The van der Waals surface area contributed by atoms with Crippen molar-refractivity contribution in [2.24, 2.45) is 0 Å². The first-order chi connectivity index (χ1) is 9.29. The van der Waals surface area contributed by atoms with Gasteiger partial charge in [-0.05, 0) is 23.8 Å². The molecule has 19 heavy (non-hydrogen) atoms. The number of nitrogens with zero attached hydrogens (tertiary/aromatic N) is 2. The van der Waals surface area contributed by atoms with E-state index in [1.807, 2.05) is 24.3 Å². The van der Waals surface area contributed by atoms with Crippen molar-refractivity contribution < 1.29 is 9.26 Å². The Labute approximate surface area is 109 Å². The summed E-state index contributed by atoms with van der Waals surface area (Å²) in [6.45, 7) is 0. The van der Waals surface area contributed by atoms with E-state index in [0.29, 0.717) is 11.6 Å². The van der Waals surface area contributed by atoms with Crippen LogP contribution in [0.15, 0.2) is 41.1 Å². The molecule has 0 aliphatic rings. The minimum Gasteiger partial charge on any atom is -0.497 e. The lowest BCUT2D eigenvalue weighted by atomic mass is 10.0. The van der Waals surface area contributed by atoms with Gasteiger partial charge in [0.25, 0.3) is 0 Å². The second-order valence-electron chi connectivity index (χ2n) is 3.97. The van der Waals surface area contributed by atoms with E-state index in [9.17, 15) is 0 Å². The van der Waals surface area contributed by atoms with Crippen molar-refractivity contribution in [3.05, 3.63) is 36.5 Å². The summed E-state index contributed by atoms with van der Waals surface area (Å²) in [5, 5.41) is 10.6. The Morgan fingerprint density at radius 2 is 2.21 bits per heavy atom. The number of nitrogen functional groups attached to an aromatic ring is 1. The minimum absolute atomic E-state index is 0.331. The molecule has 0 radical (unpaired) electrons. The Balaban J connectivity index is 2.16. The monoisotopic (exact) mass is 256 g/mol. The standard InChI is InChI=1S/C13H12N4O2/c1-18-9-4-2-3-8(7-9)11-12(19-17-13(11)14)10-5-6-15-16-10/h2-7H,1H3,(H2,14,17)(H,15,16).